The molecule has 8 heteroatoms. The number of nitrogens with zero attached hydrogens (tertiary/aromatic N) is 6. The Hall–Kier alpha value is -8.20. The predicted octanol–water partition coefficient (Wildman–Crippen LogP) is 12.0. The van der Waals surface area contributed by atoms with E-state index in [9.17, 15) is 0 Å². The van der Waals surface area contributed by atoms with Gasteiger partial charge in [-0.3, -0.25) is 0 Å². The van der Waals surface area contributed by atoms with E-state index in [0.29, 0.717) is 41.4 Å². The van der Waals surface area contributed by atoms with Crippen LogP contribution in [0.4, 0.5) is 0 Å². The van der Waals surface area contributed by atoms with E-state index in [2.05, 4.69) is 66.7 Å². The van der Waals surface area contributed by atoms with Crippen molar-refractivity contribution in [3.05, 3.63) is 222 Å². The highest BCUT2D eigenvalue weighted by atomic mass is 16.5. The topological polar surface area (TPSA) is 95.8 Å². The molecule has 0 amide bonds. The van der Waals surface area contributed by atoms with Gasteiger partial charge in [0, 0.05) is 51.6 Å². The standard InChI is InChI=1S/C57H40N6O2/c1-64-45-33-31-41(55-60-51(35-19-7-3-8-20-35)58-52(61-55)36-21-9-4-10-22-36)47-39-27-15-17-29-43(39)57(49(45)47)44-30-18-16-28-40(44)48-42(32-34-46(65-2)50(48)57)56-62-53(37-23-11-5-12-24-37)59-54(63-56)38-25-13-6-14-26-38/h3-33,46H,34H2,1-2H3. The first-order valence-corrected chi connectivity index (χ1v) is 21.8. The van der Waals surface area contributed by atoms with Crippen LogP contribution in [-0.2, 0) is 10.2 Å². The number of fused-ring (bicyclic) bond motifs is 9. The van der Waals surface area contributed by atoms with E-state index in [0.717, 1.165) is 83.7 Å². The Kier molecular flexibility index (Phi) is 9.21. The van der Waals surface area contributed by atoms with Crippen LogP contribution in [0.25, 0.3) is 79.2 Å². The minimum Gasteiger partial charge on any atom is -0.496 e. The molecule has 2 heterocycles. The average Bonchev–Trinajstić information content (AvgIpc) is 3.87. The highest BCUT2D eigenvalue weighted by Gasteiger charge is 2.58. The molecule has 65 heavy (non-hydrogen) atoms. The molecular weight excluding hydrogens is 801 g/mol. The van der Waals surface area contributed by atoms with Gasteiger partial charge in [0.25, 0.3) is 0 Å². The van der Waals surface area contributed by atoms with Gasteiger partial charge in [0.2, 0.25) is 0 Å². The van der Waals surface area contributed by atoms with Crippen LogP contribution in [0.2, 0.25) is 0 Å². The molecule has 0 N–H and O–H groups in total. The molecule has 3 aliphatic rings. The van der Waals surface area contributed by atoms with Gasteiger partial charge in [-0.1, -0.05) is 176 Å². The number of aromatic nitrogens is 6. The van der Waals surface area contributed by atoms with Gasteiger partial charge in [0.15, 0.2) is 34.9 Å². The lowest BCUT2D eigenvalue weighted by Gasteiger charge is -2.38. The zero-order chi connectivity index (χ0) is 43.5. The number of rotatable bonds is 8. The van der Waals surface area contributed by atoms with Gasteiger partial charge >= 0.3 is 0 Å². The van der Waals surface area contributed by atoms with Gasteiger partial charge in [-0.2, -0.15) is 0 Å². The summed E-state index contributed by atoms with van der Waals surface area (Å²) >= 11 is 0. The van der Waals surface area contributed by atoms with Crippen LogP contribution in [0.3, 0.4) is 0 Å². The molecule has 8 nitrogen and oxygen atoms in total. The van der Waals surface area contributed by atoms with Gasteiger partial charge in [-0.15, -0.1) is 0 Å². The summed E-state index contributed by atoms with van der Waals surface area (Å²) in [4.78, 5) is 31.2. The van der Waals surface area contributed by atoms with E-state index >= 15 is 0 Å². The summed E-state index contributed by atoms with van der Waals surface area (Å²) in [6.45, 7) is 0. The molecule has 9 aromatic rings. The molecule has 1 spiro atoms. The molecule has 0 aliphatic heterocycles. The lowest BCUT2D eigenvalue weighted by atomic mass is 9.66. The first-order valence-electron chi connectivity index (χ1n) is 21.8. The fraction of sp³-hybridized carbons (Fsp3) is 0.0877. The molecule has 0 fully saturated rings. The Labute approximate surface area is 376 Å². The van der Waals surface area contributed by atoms with Crippen LogP contribution in [0.5, 0.6) is 5.75 Å². The highest BCUT2D eigenvalue weighted by Crippen LogP contribution is 2.68. The van der Waals surface area contributed by atoms with E-state index in [4.69, 9.17) is 39.4 Å². The summed E-state index contributed by atoms with van der Waals surface area (Å²) in [6.07, 6.45) is 2.54. The van der Waals surface area contributed by atoms with Crippen molar-refractivity contribution in [1.82, 2.24) is 29.9 Å². The SMILES string of the molecule is COc1ccc(-c2nc(-c3ccccc3)nc(-c3ccccc3)n2)c2c1C1(C3=C(C(c4nc(-c5ccccc5)nc(-c5ccccc5)n4)=CCC3OC)c3ccccc31)c1ccccc1-2. The molecule has 12 rings (SSSR count). The van der Waals surface area contributed by atoms with E-state index in [1.807, 2.05) is 128 Å². The normalized spacial score (nSPS) is 16.7. The largest absolute Gasteiger partial charge is 0.496 e. The second kappa shape index (κ2) is 15.6. The number of allylic oxidation sites excluding steroid dienone is 2. The Morgan fingerprint density at radius 1 is 0.431 bits per heavy atom. The van der Waals surface area contributed by atoms with Gasteiger partial charge < -0.3 is 9.47 Å². The molecule has 0 saturated heterocycles. The van der Waals surface area contributed by atoms with Crippen LogP contribution in [0.1, 0.15) is 34.5 Å². The lowest BCUT2D eigenvalue weighted by Crippen LogP contribution is -2.35. The van der Waals surface area contributed by atoms with E-state index in [1.165, 1.54) is 0 Å². The maximum absolute atomic E-state index is 6.61. The molecule has 0 radical (unpaired) electrons. The van der Waals surface area contributed by atoms with Gasteiger partial charge in [-0.25, -0.2) is 29.9 Å². The molecule has 2 unspecified atom stereocenters. The molecule has 3 aliphatic carbocycles. The number of benzene rings is 7. The zero-order valence-corrected chi connectivity index (χ0v) is 35.7. The molecule has 7 aromatic carbocycles. The average molecular weight is 841 g/mol. The molecule has 310 valence electrons. The second-order valence-corrected chi connectivity index (χ2v) is 16.3. The lowest BCUT2D eigenvalue weighted by molar-refractivity contribution is 0.127. The van der Waals surface area contributed by atoms with Gasteiger partial charge in [-0.05, 0) is 52.0 Å². The molecule has 0 saturated carbocycles. The summed E-state index contributed by atoms with van der Waals surface area (Å²) in [6, 6.07) is 62.1. The number of hydrogen-bond acceptors (Lipinski definition) is 8. The monoisotopic (exact) mass is 840 g/mol. The number of ether oxygens (including phenoxy) is 2. The van der Waals surface area contributed by atoms with Crippen molar-refractivity contribution in [2.45, 2.75) is 17.9 Å². The third-order valence-corrected chi connectivity index (χ3v) is 12.9. The molecule has 2 atom stereocenters. The first kappa shape index (κ1) is 38.5. The quantitative estimate of drug-likeness (QED) is 0.149. The van der Waals surface area contributed by atoms with Crippen LogP contribution >= 0.6 is 0 Å². The third kappa shape index (κ3) is 6.02. The van der Waals surface area contributed by atoms with Crippen LogP contribution < -0.4 is 4.74 Å². The molecule has 0 bridgehead atoms. The highest BCUT2D eigenvalue weighted by molar-refractivity contribution is 6.13. The fourth-order valence-corrected chi connectivity index (χ4v) is 10.2. The van der Waals surface area contributed by atoms with Crippen molar-refractivity contribution in [2.75, 3.05) is 14.2 Å². The molecule has 2 aromatic heterocycles. The van der Waals surface area contributed by atoms with E-state index < -0.39 is 5.41 Å². The molecular formula is C57H40N6O2. The fourth-order valence-electron chi connectivity index (χ4n) is 10.2. The Morgan fingerprint density at radius 3 is 1.35 bits per heavy atom. The van der Waals surface area contributed by atoms with E-state index in [1.54, 1.807) is 7.11 Å². The maximum atomic E-state index is 6.61. The smallest absolute Gasteiger partial charge is 0.164 e. The van der Waals surface area contributed by atoms with Crippen LogP contribution in [0, 0.1) is 0 Å². The Bertz CT molecular complexity index is 3260. The minimum absolute atomic E-state index is 0.302. The van der Waals surface area contributed by atoms with Gasteiger partial charge in [0.1, 0.15) is 5.75 Å². The number of hydrogen-bond donors (Lipinski definition) is 0. The van der Waals surface area contributed by atoms with Crippen molar-refractivity contribution in [2.24, 2.45) is 0 Å². The van der Waals surface area contributed by atoms with Crippen molar-refractivity contribution < 1.29 is 9.47 Å². The summed E-state index contributed by atoms with van der Waals surface area (Å²) in [5, 5.41) is 0. The third-order valence-electron chi connectivity index (χ3n) is 12.9. The van der Waals surface area contributed by atoms with E-state index in [-0.39, 0.29) is 6.10 Å². The summed E-state index contributed by atoms with van der Waals surface area (Å²) < 4.78 is 13.1. The summed E-state index contributed by atoms with van der Waals surface area (Å²) in [5.74, 6) is 4.34. The van der Waals surface area contributed by atoms with Crippen molar-refractivity contribution >= 4 is 11.1 Å². The summed E-state index contributed by atoms with van der Waals surface area (Å²) in [5.41, 5.74) is 13.3. The minimum atomic E-state index is -0.839. The number of methoxy groups -OCH3 is 2. The van der Waals surface area contributed by atoms with Crippen molar-refractivity contribution in [3.63, 3.8) is 0 Å². The Balaban J connectivity index is 1.15. The Morgan fingerprint density at radius 2 is 0.862 bits per heavy atom. The van der Waals surface area contributed by atoms with Gasteiger partial charge in [0.05, 0.1) is 18.6 Å². The first-order chi connectivity index (χ1) is 32.1. The maximum Gasteiger partial charge on any atom is 0.164 e. The van der Waals surface area contributed by atoms with Crippen LogP contribution in [-0.4, -0.2) is 50.2 Å². The second-order valence-electron chi connectivity index (χ2n) is 16.3. The predicted molar refractivity (Wildman–Crippen MR) is 255 cm³/mol. The summed E-state index contributed by atoms with van der Waals surface area (Å²) in [7, 11) is 3.57. The van der Waals surface area contributed by atoms with Crippen molar-refractivity contribution in [3.8, 4) is 73.8 Å². The zero-order valence-electron chi connectivity index (χ0n) is 35.7. The van der Waals surface area contributed by atoms with Crippen molar-refractivity contribution in [1.29, 1.82) is 0 Å². The van der Waals surface area contributed by atoms with Crippen LogP contribution in [0.15, 0.2) is 194 Å².